The molecule has 4 nitrogen and oxygen atoms in total. The van der Waals surface area contributed by atoms with Gasteiger partial charge in [0.15, 0.2) is 0 Å². The molecule has 0 aliphatic rings. The molecule has 0 heterocycles. The number of nitrogens with zero attached hydrogens (tertiary/aromatic N) is 2. The third-order valence-electron chi connectivity index (χ3n) is 3.66. The summed E-state index contributed by atoms with van der Waals surface area (Å²) in [6.07, 6.45) is 3.76. The summed E-state index contributed by atoms with van der Waals surface area (Å²) < 4.78 is 0. The molecule has 0 fully saturated rings. The van der Waals surface area contributed by atoms with Crippen molar-refractivity contribution in [2.45, 2.75) is 0 Å². The van der Waals surface area contributed by atoms with E-state index in [-0.39, 0.29) is 0 Å². The smallest absolute Gasteiger partial charge is 0.0552 e. The summed E-state index contributed by atoms with van der Waals surface area (Å²) >= 11 is 0. The minimum Gasteiger partial charge on any atom is -0.313 e. The molecular formula is C18H18N4. The molecule has 2 N–H and O–H groups in total. The fourth-order valence-electron chi connectivity index (χ4n) is 2.73. The van der Waals surface area contributed by atoms with Gasteiger partial charge in [-0.1, -0.05) is 48.5 Å². The molecule has 0 aliphatic carbocycles. The van der Waals surface area contributed by atoms with Crippen LogP contribution in [0.5, 0.6) is 0 Å². The SMILES string of the molecule is CNN=Cc1c2ccccc2c(C=NNC)c2ccccc12. The summed E-state index contributed by atoms with van der Waals surface area (Å²) in [4.78, 5) is 0. The predicted octanol–water partition coefficient (Wildman–Crippen LogP) is 3.10. The molecule has 0 amide bonds. The molecule has 0 saturated carbocycles. The normalized spacial score (nSPS) is 11.7. The second-order valence-electron chi connectivity index (χ2n) is 4.88. The highest BCUT2D eigenvalue weighted by Crippen LogP contribution is 2.31. The molecule has 4 heteroatoms. The van der Waals surface area contributed by atoms with Gasteiger partial charge in [-0.3, -0.25) is 0 Å². The third-order valence-corrected chi connectivity index (χ3v) is 3.66. The van der Waals surface area contributed by atoms with E-state index in [4.69, 9.17) is 0 Å². The van der Waals surface area contributed by atoms with Crippen LogP contribution in [0.4, 0.5) is 0 Å². The maximum Gasteiger partial charge on any atom is 0.0552 e. The Hall–Kier alpha value is -2.88. The molecule has 3 aromatic rings. The molecule has 0 atom stereocenters. The summed E-state index contributed by atoms with van der Waals surface area (Å²) in [5, 5.41) is 13.1. The average molecular weight is 290 g/mol. The van der Waals surface area contributed by atoms with Gasteiger partial charge in [0.05, 0.1) is 12.4 Å². The average Bonchev–Trinajstić information content (AvgIpc) is 2.58. The van der Waals surface area contributed by atoms with Crippen molar-refractivity contribution in [1.29, 1.82) is 0 Å². The first-order valence-corrected chi connectivity index (χ1v) is 7.20. The van der Waals surface area contributed by atoms with Crippen molar-refractivity contribution in [3.8, 4) is 0 Å². The van der Waals surface area contributed by atoms with Crippen LogP contribution >= 0.6 is 0 Å². The Morgan fingerprint density at radius 3 is 1.23 bits per heavy atom. The van der Waals surface area contributed by atoms with E-state index in [0.29, 0.717) is 0 Å². The molecule has 0 spiro atoms. The van der Waals surface area contributed by atoms with Crippen LogP contribution in [0.15, 0.2) is 58.7 Å². The summed E-state index contributed by atoms with van der Waals surface area (Å²) in [5.41, 5.74) is 7.88. The number of hydrogen-bond donors (Lipinski definition) is 2. The van der Waals surface area contributed by atoms with Crippen molar-refractivity contribution < 1.29 is 0 Å². The lowest BCUT2D eigenvalue weighted by Gasteiger charge is -2.12. The number of hydrogen-bond acceptors (Lipinski definition) is 4. The Labute approximate surface area is 129 Å². The van der Waals surface area contributed by atoms with E-state index in [1.807, 2.05) is 36.7 Å². The molecular weight excluding hydrogens is 272 g/mol. The second kappa shape index (κ2) is 6.26. The van der Waals surface area contributed by atoms with Gasteiger partial charge in [0.25, 0.3) is 0 Å². The van der Waals surface area contributed by atoms with E-state index in [0.717, 1.165) is 32.7 Å². The number of nitrogens with one attached hydrogen (secondary N) is 2. The van der Waals surface area contributed by atoms with E-state index < -0.39 is 0 Å². The molecule has 22 heavy (non-hydrogen) atoms. The van der Waals surface area contributed by atoms with Gasteiger partial charge in [-0.05, 0) is 21.5 Å². The summed E-state index contributed by atoms with van der Waals surface area (Å²) in [6, 6.07) is 16.7. The van der Waals surface area contributed by atoms with Crippen molar-refractivity contribution >= 4 is 34.0 Å². The minimum atomic E-state index is 1.11. The van der Waals surface area contributed by atoms with Gasteiger partial charge in [-0.25, -0.2) is 0 Å². The molecule has 0 unspecified atom stereocenters. The first kappa shape index (κ1) is 14.1. The van der Waals surface area contributed by atoms with E-state index in [9.17, 15) is 0 Å². The van der Waals surface area contributed by atoms with Crippen LogP contribution in [0.1, 0.15) is 11.1 Å². The van der Waals surface area contributed by atoms with E-state index in [2.05, 4.69) is 45.3 Å². The Kier molecular flexibility index (Phi) is 4.01. The highest BCUT2D eigenvalue weighted by molar-refractivity contribution is 6.21. The Balaban J connectivity index is 2.47. The highest BCUT2D eigenvalue weighted by atomic mass is 15.3. The maximum atomic E-state index is 4.21. The number of hydrazone groups is 2. The predicted molar refractivity (Wildman–Crippen MR) is 94.8 cm³/mol. The first-order valence-electron chi connectivity index (χ1n) is 7.20. The van der Waals surface area contributed by atoms with Crippen LogP contribution in [0.25, 0.3) is 21.5 Å². The Bertz CT molecular complexity index is 736. The molecule has 0 aromatic heterocycles. The van der Waals surface area contributed by atoms with Gasteiger partial charge < -0.3 is 10.9 Å². The van der Waals surface area contributed by atoms with Gasteiger partial charge in [0.2, 0.25) is 0 Å². The quantitative estimate of drug-likeness (QED) is 0.441. The zero-order valence-corrected chi connectivity index (χ0v) is 12.7. The molecule has 0 saturated heterocycles. The maximum absolute atomic E-state index is 4.21. The van der Waals surface area contributed by atoms with Crippen LogP contribution in [0.3, 0.4) is 0 Å². The molecule has 3 rings (SSSR count). The number of benzene rings is 3. The fourth-order valence-corrected chi connectivity index (χ4v) is 2.73. The topological polar surface area (TPSA) is 48.8 Å². The Morgan fingerprint density at radius 1 is 0.636 bits per heavy atom. The first-order chi connectivity index (χ1) is 10.9. The van der Waals surface area contributed by atoms with Crippen LogP contribution in [0.2, 0.25) is 0 Å². The molecule has 0 bridgehead atoms. The van der Waals surface area contributed by atoms with Crippen LogP contribution in [0, 0.1) is 0 Å². The van der Waals surface area contributed by atoms with Gasteiger partial charge in [-0.2, -0.15) is 10.2 Å². The lowest BCUT2D eigenvalue weighted by Crippen LogP contribution is -2.00. The van der Waals surface area contributed by atoms with Gasteiger partial charge in [-0.15, -0.1) is 0 Å². The van der Waals surface area contributed by atoms with Gasteiger partial charge in [0, 0.05) is 25.2 Å². The zero-order chi connectivity index (χ0) is 15.4. The van der Waals surface area contributed by atoms with Crippen molar-refractivity contribution in [2.24, 2.45) is 10.2 Å². The monoisotopic (exact) mass is 290 g/mol. The lowest BCUT2D eigenvalue weighted by atomic mass is 9.92. The minimum absolute atomic E-state index is 1.11. The van der Waals surface area contributed by atoms with Crippen molar-refractivity contribution in [3.63, 3.8) is 0 Å². The van der Waals surface area contributed by atoms with Crippen molar-refractivity contribution in [2.75, 3.05) is 14.1 Å². The largest absolute Gasteiger partial charge is 0.313 e. The van der Waals surface area contributed by atoms with E-state index in [1.165, 1.54) is 0 Å². The van der Waals surface area contributed by atoms with E-state index in [1.54, 1.807) is 14.1 Å². The van der Waals surface area contributed by atoms with Crippen molar-refractivity contribution in [3.05, 3.63) is 59.7 Å². The number of rotatable bonds is 4. The van der Waals surface area contributed by atoms with Crippen LogP contribution < -0.4 is 10.9 Å². The lowest BCUT2D eigenvalue weighted by molar-refractivity contribution is 0.908. The fraction of sp³-hybridized carbons (Fsp3) is 0.111. The molecule has 0 radical (unpaired) electrons. The van der Waals surface area contributed by atoms with Crippen LogP contribution in [-0.2, 0) is 0 Å². The zero-order valence-electron chi connectivity index (χ0n) is 12.7. The standard InChI is InChI=1S/C18H18N4/c1-19-21-11-17-13-7-3-5-9-15(13)18(12-22-20-2)16-10-6-4-8-14(16)17/h3-12,19-20H,1-2H3. The molecule has 110 valence electrons. The van der Waals surface area contributed by atoms with Crippen LogP contribution in [-0.4, -0.2) is 26.5 Å². The second-order valence-corrected chi connectivity index (χ2v) is 4.88. The molecule has 0 aliphatic heterocycles. The number of fused-ring (bicyclic) bond motifs is 2. The molecule has 3 aromatic carbocycles. The van der Waals surface area contributed by atoms with Crippen molar-refractivity contribution in [1.82, 2.24) is 10.9 Å². The highest BCUT2D eigenvalue weighted by Gasteiger charge is 2.11. The van der Waals surface area contributed by atoms with Gasteiger partial charge >= 0.3 is 0 Å². The summed E-state index contributed by atoms with van der Waals surface area (Å²) in [5.74, 6) is 0. The van der Waals surface area contributed by atoms with Gasteiger partial charge in [0.1, 0.15) is 0 Å². The summed E-state index contributed by atoms with van der Waals surface area (Å²) in [6.45, 7) is 0. The third kappa shape index (κ3) is 2.39. The Morgan fingerprint density at radius 2 is 0.955 bits per heavy atom. The van der Waals surface area contributed by atoms with E-state index >= 15 is 0 Å². The summed E-state index contributed by atoms with van der Waals surface area (Å²) in [7, 11) is 3.60.